The Bertz CT molecular complexity index is 621. The lowest BCUT2D eigenvalue weighted by molar-refractivity contribution is 0.416. The third-order valence-corrected chi connectivity index (χ3v) is 2.47. The standard InChI is InChI=1S/C13H13N5O/c1-15-13-16-6-5-12(18-13)17-10-4-3-9(8-14)7-11(10)19-2/h3-7H,1-2H3,(H2,15,16,17,18). The Morgan fingerprint density at radius 1 is 1.32 bits per heavy atom. The SMILES string of the molecule is CNc1nccc(Nc2ccc(C#N)cc2OC)n1. The van der Waals surface area contributed by atoms with E-state index in [-0.39, 0.29) is 0 Å². The molecule has 2 aromatic rings. The maximum atomic E-state index is 8.85. The Hall–Kier alpha value is -2.81. The number of benzene rings is 1. The summed E-state index contributed by atoms with van der Waals surface area (Å²) in [6.45, 7) is 0. The Morgan fingerprint density at radius 2 is 2.16 bits per heavy atom. The predicted molar refractivity (Wildman–Crippen MR) is 72.6 cm³/mol. The van der Waals surface area contributed by atoms with Crippen LogP contribution in [0.15, 0.2) is 30.5 Å². The summed E-state index contributed by atoms with van der Waals surface area (Å²) < 4.78 is 5.24. The number of aromatic nitrogens is 2. The van der Waals surface area contributed by atoms with Gasteiger partial charge in [0.1, 0.15) is 11.6 Å². The molecule has 0 fully saturated rings. The molecule has 6 heteroatoms. The second-order valence-corrected chi connectivity index (χ2v) is 3.67. The first-order chi connectivity index (χ1) is 9.26. The van der Waals surface area contributed by atoms with Crippen LogP contribution in [0.4, 0.5) is 17.5 Å². The second kappa shape index (κ2) is 5.69. The number of nitrogens with one attached hydrogen (secondary N) is 2. The van der Waals surface area contributed by atoms with Crippen molar-refractivity contribution < 1.29 is 4.74 Å². The van der Waals surface area contributed by atoms with E-state index in [0.717, 1.165) is 5.69 Å². The molecule has 6 nitrogen and oxygen atoms in total. The van der Waals surface area contributed by atoms with Crippen molar-refractivity contribution in [1.82, 2.24) is 9.97 Å². The fraction of sp³-hybridized carbons (Fsp3) is 0.154. The summed E-state index contributed by atoms with van der Waals surface area (Å²) in [5.74, 6) is 1.75. The van der Waals surface area contributed by atoms with Crippen LogP contribution in [-0.2, 0) is 0 Å². The maximum Gasteiger partial charge on any atom is 0.224 e. The van der Waals surface area contributed by atoms with Gasteiger partial charge < -0.3 is 15.4 Å². The van der Waals surface area contributed by atoms with Crippen molar-refractivity contribution in [3.05, 3.63) is 36.0 Å². The van der Waals surface area contributed by atoms with Crippen molar-refractivity contribution in [1.29, 1.82) is 5.26 Å². The molecule has 1 heterocycles. The van der Waals surface area contributed by atoms with Crippen molar-refractivity contribution in [3.8, 4) is 11.8 Å². The van der Waals surface area contributed by atoms with E-state index < -0.39 is 0 Å². The topological polar surface area (TPSA) is 82.9 Å². The number of hydrogen-bond donors (Lipinski definition) is 2. The van der Waals surface area contributed by atoms with E-state index in [1.165, 1.54) is 0 Å². The molecule has 0 atom stereocenters. The highest BCUT2D eigenvalue weighted by atomic mass is 16.5. The third-order valence-electron chi connectivity index (χ3n) is 2.47. The predicted octanol–water partition coefficient (Wildman–Crippen LogP) is 2.14. The molecule has 2 rings (SSSR count). The molecule has 19 heavy (non-hydrogen) atoms. The van der Waals surface area contributed by atoms with Crippen LogP contribution in [-0.4, -0.2) is 24.1 Å². The first-order valence-electron chi connectivity index (χ1n) is 5.63. The molecule has 0 unspecified atom stereocenters. The van der Waals surface area contributed by atoms with E-state index in [2.05, 4.69) is 26.7 Å². The highest BCUT2D eigenvalue weighted by Gasteiger charge is 2.06. The van der Waals surface area contributed by atoms with E-state index in [0.29, 0.717) is 23.1 Å². The van der Waals surface area contributed by atoms with Gasteiger partial charge in [0.2, 0.25) is 5.95 Å². The van der Waals surface area contributed by atoms with E-state index in [4.69, 9.17) is 10.00 Å². The second-order valence-electron chi connectivity index (χ2n) is 3.67. The van der Waals surface area contributed by atoms with Crippen molar-refractivity contribution in [2.75, 3.05) is 24.8 Å². The summed E-state index contributed by atoms with van der Waals surface area (Å²) in [4.78, 5) is 8.28. The zero-order valence-electron chi connectivity index (χ0n) is 10.6. The molecule has 0 saturated carbocycles. The Balaban J connectivity index is 2.30. The molecular weight excluding hydrogens is 242 g/mol. The van der Waals surface area contributed by atoms with Crippen LogP contribution in [0.1, 0.15) is 5.56 Å². The van der Waals surface area contributed by atoms with E-state index in [1.807, 2.05) is 0 Å². The molecule has 0 saturated heterocycles. The molecule has 0 aliphatic heterocycles. The molecule has 0 spiro atoms. The first-order valence-corrected chi connectivity index (χ1v) is 5.63. The zero-order valence-corrected chi connectivity index (χ0v) is 10.6. The van der Waals surface area contributed by atoms with E-state index >= 15 is 0 Å². The maximum absolute atomic E-state index is 8.85. The van der Waals surface area contributed by atoms with E-state index in [9.17, 15) is 0 Å². The van der Waals surface area contributed by atoms with Gasteiger partial charge in [0.05, 0.1) is 24.4 Å². The minimum absolute atomic E-state index is 0.526. The van der Waals surface area contributed by atoms with Gasteiger partial charge in [-0.3, -0.25) is 0 Å². The summed E-state index contributed by atoms with van der Waals surface area (Å²) in [6, 6.07) is 8.97. The van der Waals surface area contributed by atoms with Gasteiger partial charge in [-0.15, -0.1) is 0 Å². The van der Waals surface area contributed by atoms with Gasteiger partial charge >= 0.3 is 0 Å². The van der Waals surface area contributed by atoms with Gasteiger partial charge in [0, 0.05) is 19.3 Å². The monoisotopic (exact) mass is 255 g/mol. The van der Waals surface area contributed by atoms with Crippen molar-refractivity contribution in [2.45, 2.75) is 0 Å². The fourth-order valence-corrected chi connectivity index (χ4v) is 1.55. The minimum Gasteiger partial charge on any atom is -0.495 e. The highest BCUT2D eigenvalue weighted by Crippen LogP contribution is 2.27. The zero-order chi connectivity index (χ0) is 13.7. The first kappa shape index (κ1) is 12.6. The third kappa shape index (κ3) is 2.90. The van der Waals surface area contributed by atoms with Crippen LogP contribution >= 0.6 is 0 Å². The number of anilines is 3. The summed E-state index contributed by atoms with van der Waals surface area (Å²) in [6.07, 6.45) is 1.65. The van der Waals surface area contributed by atoms with Crippen LogP contribution in [0.2, 0.25) is 0 Å². The lowest BCUT2D eigenvalue weighted by atomic mass is 10.2. The number of rotatable bonds is 4. The number of nitrogens with zero attached hydrogens (tertiary/aromatic N) is 3. The average Bonchev–Trinajstić information content (AvgIpc) is 2.48. The molecule has 0 aliphatic carbocycles. The van der Waals surface area contributed by atoms with Gasteiger partial charge in [-0.05, 0) is 18.2 Å². The van der Waals surface area contributed by atoms with Crippen LogP contribution in [0.3, 0.4) is 0 Å². The molecule has 1 aromatic heterocycles. The molecule has 2 N–H and O–H groups in total. The van der Waals surface area contributed by atoms with Gasteiger partial charge in [-0.2, -0.15) is 10.2 Å². The summed E-state index contributed by atoms with van der Waals surface area (Å²) >= 11 is 0. The quantitative estimate of drug-likeness (QED) is 0.871. The van der Waals surface area contributed by atoms with Crippen molar-refractivity contribution >= 4 is 17.5 Å². The molecule has 0 bridgehead atoms. The summed E-state index contributed by atoms with van der Waals surface area (Å²) in [5, 5.41) is 14.8. The fourth-order valence-electron chi connectivity index (χ4n) is 1.55. The average molecular weight is 255 g/mol. The normalized spacial score (nSPS) is 9.53. The Kier molecular flexibility index (Phi) is 3.78. The molecule has 0 aliphatic rings. The van der Waals surface area contributed by atoms with Crippen LogP contribution in [0.25, 0.3) is 0 Å². The molecule has 1 aromatic carbocycles. The van der Waals surface area contributed by atoms with Gasteiger partial charge in [-0.25, -0.2) is 4.98 Å². The summed E-state index contributed by atoms with van der Waals surface area (Å²) in [5.41, 5.74) is 1.28. The lowest BCUT2D eigenvalue weighted by Crippen LogP contribution is -2.01. The Morgan fingerprint density at radius 3 is 2.84 bits per heavy atom. The molecule has 0 radical (unpaired) electrons. The van der Waals surface area contributed by atoms with Crippen molar-refractivity contribution in [2.24, 2.45) is 0 Å². The van der Waals surface area contributed by atoms with E-state index in [1.54, 1.807) is 44.6 Å². The highest BCUT2D eigenvalue weighted by molar-refractivity contribution is 5.66. The molecule has 0 amide bonds. The van der Waals surface area contributed by atoms with Crippen LogP contribution in [0, 0.1) is 11.3 Å². The molecular formula is C13H13N5O. The van der Waals surface area contributed by atoms with Crippen molar-refractivity contribution in [3.63, 3.8) is 0 Å². The number of hydrogen-bond acceptors (Lipinski definition) is 6. The van der Waals surface area contributed by atoms with Gasteiger partial charge in [-0.1, -0.05) is 0 Å². The summed E-state index contributed by atoms with van der Waals surface area (Å²) in [7, 11) is 3.31. The number of ether oxygens (including phenoxy) is 1. The van der Waals surface area contributed by atoms with Gasteiger partial charge in [0.25, 0.3) is 0 Å². The van der Waals surface area contributed by atoms with Gasteiger partial charge in [0.15, 0.2) is 0 Å². The number of methoxy groups -OCH3 is 1. The van der Waals surface area contributed by atoms with Crippen LogP contribution < -0.4 is 15.4 Å². The minimum atomic E-state index is 0.526. The largest absolute Gasteiger partial charge is 0.495 e. The Labute approximate surface area is 111 Å². The smallest absolute Gasteiger partial charge is 0.224 e. The lowest BCUT2D eigenvalue weighted by Gasteiger charge is -2.11. The number of nitriles is 1. The molecule has 96 valence electrons. The van der Waals surface area contributed by atoms with Crippen LogP contribution in [0.5, 0.6) is 5.75 Å².